The zero-order valence-electron chi connectivity index (χ0n) is 17.5. The highest BCUT2D eigenvalue weighted by atomic mass is 19.4. The molecular weight excluding hydrogens is 428 g/mol. The van der Waals surface area contributed by atoms with Crippen LogP contribution in [-0.4, -0.2) is 53.3 Å². The normalized spacial score (nSPS) is 16.4. The number of benzene rings is 1. The largest absolute Gasteiger partial charge is 0.419 e. The van der Waals surface area contributed by atoms with Gasteiger partial charge in [-0.2, -0.15) is 18.3 Å². The van der Waals surface area contributed by atoms with E-state index in [2.05, 4.69) is 30.3 Å². The lowest BCUT2D eigenvalue weighted by molar-refractivity contribution is -0.140. The van der Waals surface area contributed by atoms with Gasteiger partial charge in [0.05, 0.1) is 17.0 Å². The highest BCUT2D eigenvalue weighted by molar-refractivity contribution is 5.92. The van der Waals surface area contributed by atoms with E-state index < -0.39 is 29.2 Å². The van der Waals surface area contributed by atoms with Crippen molar-refractivity contribution in [3.63, 3.8) is 0 Å². The molecule has 2 aromatic heterocycles. The van der Waals surface area contributed by atoms with E-state index in [9.17, 15) is 22.4 Å². The Bertz CT molecular complexity index is 1190. The van der Waals surface area contributed by atoms with Crippen LogP contribution in [0.15, 0.2) is 35.3 Å². The highest BCUT2D eigenvalue weighted by Crippen LogP contribution is 2.35. The van der Waals surface area contributed by atoms with Gasteiger partial charge < -0.3 is 15.1 Å². The number of nitrogens with zero attached hydrogens (tertiary/aromatic N) is 4. The van der Waals surface area contributed by atoms with Crippen molar-refractivity contribution >= 4 is 22.4 Å². The summed E-state index contributed by atoms with van der Waals surface area (Å²) in [6.07, 6.45) is -3.35. The molecule has 1 fully saturated rings. The number of hydrogen-bond acceptors (Lipinski definition) is 6. The van der Waals surface area contributed by atoms with Crippen LogP contribution in [0.1, 0.15) is 24.1 Å². The lowest BCUT2D eigenvalue weighted by Crippen LogP contribution is -2.44. The van der Waals surface area contributed by atoms with E-state index in [0.717, 1.165) is 32.2 Å². The second-order valence-corrected chi connectivity index (χ2v) is 7.85. The fourth-order valence-electron chi connectivity index (χ4n) is 3.75. The first-order chi connectivity index (χ1) is 15.1. The first-order valence-corrected chi connectivity index (χ1v) is 10.1. The summed E-state index contributed by atoms with van der Waals surface area (Å²) in [7, 11) is 2.03. The molecular formula is C21H22F4N6O. The topological polar surface area (TPSA) is 77.1 Å². The minimum atomic E-state index is -4.80. The van der Waals surface area contributed by atoms with Gasteiger partial charge in [-0.3, -0.25) is 4.79 Å². The van der Waals surface area contributed by atoms with Crippen molar-refractivity contribution in [3.8, 4) is 0 Å². The van der Waals surface area contributed by atoms with E-state index in [0.29, 0.717) is 17.3 Å². The number of alkyl halides is 3. The van der Waals surface area contributed by atoms with Gasteiger partial charge in [-0.15, -0.1) is 0 Å². The SMILES string of the molecule is C[C@@H](Nc1n[nH]c(=O)c2cnc(N3CCN(C)CC3)cc12)c1cccc(C(F)(F)F)c1F. The summed E-state index contributed by atoms with van der Waals surface area (Å²) in [6, 6.07) is 4.02. The number of piperazine rings is 1. The summed E-state index contributed by atoms with van der Waals surface area (Å²) in [4.78, 5) is 20.9. The molecule has 0 bridgehead atoms. The van der Waals surface area contributed by atoms with Crippen LogP contribution in [-0.2, 0) is 6.18 Å². The third kappa shape index (κ3) is 4.24. The van der Waals surface area contributed by atoms with E-state index in [1.165, 1.54) is 19.2 Å². The Kier molecular flexibility index (Phi) is 5.76. The van der Waals surface area contributed by atoms with Gasteiger partial charge in [0, 0.05) is 43.3 Å². The van der Waals surface area contributed by atoms with Crippen molar-refractivity contribution in [3.05, 3.63) is 57.8 Å². The molecule has 1 aromatic carbocycles. The average Bonchev–Trinajstić information content (AvgIpc) is 2.75. The maximum absolute atomic E-state index is 14.6. The molecule has 3 aromatic rings. The number of fused-ring (bicyclic) bond motifs is 1. The van der Waals surface area contributed by atoms with E-state index in [4.69, 9.17) is 0 Å². The Labute approximate surface area is 181 Å². The molecule has 0 aliphatic carbocycles. The third-order valence-electron chi connectivity index (χ3n) is 5.64. The molecule has 11 heteroatoms. The van der Waals surface area contributed by atoms with E-state index >= 15 is 0 Å². The lowest BCUT2D eigenvalue weighted by Gasteiger charge is -2.33. The molecule has 0 amide bonds. The van der Waals surface area contributed by atoms with Crippen molar-refractivity contribution in [2.24, 2.45) is 0 Å². The van der Waals surface area contributed by atoms with Gasteiger partial charge in [0.1, 0.15) is 11.6 Å². The maximum Gasteiger partial charge on any atom is 0.419 e. The van der Waals surface area contributed by atoms with Crippen molar-refractivity contribution in [1.29, 1.82) is 0 Å². The highest BCUT2D eigenvalue weighted by Gasteiger charge is 2.35. The summed E-state index contributed by atoms with van der Waals surface area (Å²) >= 11 is 0. The molecule has 7 nitrogen and oxygen atoms in total. The minimum Gasteiger partial charge on any atom is -0.361 e. The number of H-pyrrole nitrogens is 1. The van der Waals surface area contributed by atoms with Crippen molar-refractivity contribution < 1.29 is 17.6 Å². The summed E-state index contributed by atoms with van der Waals surface area (Å²) in [5.41, 5.74) is -1.93. The van der Waals surface area contributed by atoms with Gasteiger partial charge in [0.15, 0.2) is 5.82 Å². The molecule has 170 valence electrons. The fraction of sp³-hybridized carbons (Fsp3) is 0.381. The Hall–Kier alpha value is -3.21. The average molecular weight is 450 g/mol. The Morgan fingerprint density at radius 2 is 1.88 bits per heavy atom. The maximum atomic E-state index is 14.6. The molecule has 1 aliphatic rings. The number of aromatic nitrogens is 3. The molecule has 4 rings (SSSR count). The summed E-state index contributed by atoms with van der Waals surface area (Å²) in [5, 5.41) is 10.0. The second kappa shape index (κ2) is 8.38. The summed E-state index contributed by atoms with van der Waals surface area (Å²) in [6.45, 7) is 4.79. The van der Waals surface area contributed by atoms with Crippen LogP contribution in [0.2, 0.25) is 0 Å². The molecule has 3 heterocycles. The van der Waals surface area contributed by atoms with Gasteiger partial charge in [0.2, 0.25) is 0 Å². The minimum absolute atomic E-state index is 0.158. The first-order valence-electron chi connectivity index (χ1n) is 10.1. The number of nitrogens with one attached hydrogen (secondary N) is 2. The monoisotopic (exact) mass is 450 g/mol. The fourth-order valence-corrected chi connectivity index (χ4v) is 3.75. The predicted octanol–water partition coefficient (Wildman–Crippen LogP) is 3.40. The van der Waals surface area contributed by atoms with Gasteiger partial charge in [-0.25, -0.2) is 14.5 Å². The number of likely N-dealkylation sites (N-methyl/N-ethyl adjacent to an activating group) is 1. The van der Waals surface area contributed by atoms with Crippen LogP contribution < -0.4 is 15.8 Å². The molecule has 1 saturated heterocycles. The molecule has 32 heavy (non-hydrogen) atoms. The van der Waals surface area contributed by atoms with Crippen LogP contribution in [0.3, 0.4) is 0 Å². The molecule has 1 aliphatic heterocycles. The Morgan fingerprint density at radius 3 is 2.56 bits per heavy atom. The van der Waals surface area contributed by atoms with Gasteiger partial charge in [-0.05, 0) is 26.1 Å². The molecule has 2 N–H and O–H groups in total. The second-order valence-electron chi connectivity index (χ2n) is 7.85. The van der Waals surface area contributed by atoms with Crippen LogP contribution in [0.5, 0.6) is 0 Å². The molecule has 1 atom stereocenters. The van der Waals surface area contributed by atoms with E-state index in [-0.39, 0.29) is 16.8 Å². The van der Waals surface area contributed by atoms with Crippen molar-refractivity contribution in [2.75, 3.05) is 43.4 Å². The Morgan fingerprint density at radius 1 is 1.16 bits per heavy atom. The van der Waals surface area contributed by atoms with Crippen LogP contribution in [0.4, 0.5) is 29.2 Å². The third-order valence-corrected chi connectivity index (χ3v) is 5.64. The smallest absolute Gasteiger partial charge is 0.361 e. The zero-order chi connectivity index (χ0) is 23.0. The predicted molar refractivity (Wildman–Crippen MR) is 113 cm³/mol. The van der Waals surface area contributed by atoms with Crippen molar-refractivity contribution in [1.82, 2.24) is 20.1 Å². The Balaban J connectivity index is 1.69. The van der Waals surface area contributed by atoms with Crippen LogP contribution in [0, 0.1) is 5.82 Å². The molecule has 0 radical (unpaired) electrons. The lowest BCUT2D eigenvalue weighted by atomic mass is 10.0. The number of halogens is 4. The quantitative estimate of drug-likeness (QED) is 0.594. The standard InChI is InChI=1S/C21H22F4N6O/c1-12(13-4-3-5-16(18(13)22)21(23,24)25)27-19-14-10-17(31-8-6-30(2)7-9-31)26-11-15(14)20(32)29-28-19/h3-5,10-12H,6-9H2,1-2H3,(H,27,28)(H,29,32)/t12-/m1/s1. The first kappa shape index (κ1) is 22.0. The molecule has 0 spiro atoms. The van der Waals surface area contributed by atoms with Gasteiger partial charge in [0.25, 0.3) is 5.56 Å². The number of anilines is 2. The van der Waals surface area contributed by atoms with Gasteiger partial charge >= 0.3 is 6.18 Å². The van der Waals surface area contributed by atoms with Crippen molar-refractivity contribution in [2.45, 2.75) is 19.1 Å². The van der Waals surface area contributed by atoms with Crippen LogP contribution >= 0.6 is 0 Å². The summed E-state index contributed by atoms with van der Waals surface area (Å²) in [5.74, 6) is -0.450. The van der Waals surface area contributed by atoms with Gasteiger partial charge in [-0.1, -0.05) is 12.1 Å². The van der Waals surface area contributed by atoms with E-state index in [1.807, 2.05) is 7.05 Å². The van der Waals surface area contributed by atoms with Crippen LogP contribution in [0.25, 0.3) is 10.8 Å². The zero-order valence-corrected chi connectivity index (χ0v) is 17.5. The number of aromatic amines is 1. The number of pyridine rings is 1. The van der Waals surface area contributed by atoms with E-state index in [1.54, 1.807) is 6.07 Å². The molecule has 0 saturated carbocycles. The molecule has 0 unspecified atom stereocenters. The number of hydrogen-bond donors (Lipinski definition) is 2. The number of rotatable bonds is 4. The summed E-state index contributed by atoms with van der Waals surface area (Å²) < 4.78 is 53.8.